The molecule has 4 N–H and O–H groups in total. The average Bonchev–Trinajstić information content (AvgIpc) is 3.16. The third kappa shape index (κ3) is 5.81. The fraction of sp³-hybridized carbons (Fsp3) is 0.400. The van der Waals surface area contributed by atoms with Gasteiger partial charge in [0.25, 0.3) is 0 Å². The molecule has 0 amide bonds. The maximum Gasteiger partial charge on any atom is 0.472 e. The summed E-state index contributed by atoms with van der Waals surface area (Å²) >= 11 is 0. The van der Waals surface area contributed by atoms with Crippen molar-refractivity contribution in [2.45, 2.75) is 25.2 Å². The smallest absolute Gasteiger partial charge is 0.471 e. The van der Waals surface area contributed by atoms with Gasteiger partial charge in [0.1, 0.15) is 12.6 Å². The molecule has 1 aromatic rings. The van der Waals surface area contributed by atoms with E-state index in [1.807, 2.05) is 30.3 Å². The highest BCUT2D eigenvalue weighted by Crippen LogP contribution is 2.48. The van der Waals surface area contributed by atoms with Gasteiger partial charge in [-0.3, -0.25) is 4.79 Å². The second kappa shape index (κ2) is 9.76. The van der Waals surface area contributed by atoms with E-state index in [4.69, 9.17) is 24.5 Å². The number of benzene rings is 1. The van der Waals surface area contributed by atoms with Crippen LogP contribution in [0, 0.1) is 11.8 Å². The van der Waals surface area contributed by atoms with Crippen molar-refractivity contribution < 1.29 is 42.7 Å². The van der Waals surface area contributed by atoms with Crippen molar-refractivity contribution in [1.82, 2.24) is 0 Å². The predicted octanol–water partition coefficient (Wildman–Crippen LogP) is 1.18. The first-order valence-corrected chi connectivity index (χ1v) is 11.1. The topological polar surface area (TPSA) is 155 Å². The molecule has 1 heterocycles. The number of nitrogens with two attached hydrogens (primary N) is 1. The Morgan fingerprint density at radius 1 is 1.29 bits per heavy atom. The van der Waals surface area contributed by atoms with Gasteiger partial charge in [-0.1, -0.05) is 36.4 Å². The Kier molecular flexibility index (Phi) is 7.30. The summed E-state index contributed by atoms with van der Waals surface area (Å²) in [5.74, 6) is -2.49. The fourth-order valence-corrected chi connectivity index (χ4v) is 4.18. The van der Waals surface area contributed by atoms with Crippen molar-refractivity contribution >= 4 is 19.8 Å². The van der Waals surface area contributed by atoms with Gasteiger partial charge < -0.3 is 29.7 Å². The van der Waals surface area contributed by atoms with E-state index in [-0.39, 0.29) is 12.2 Å². The average molecular weight is 453 g/mol. The molecule has 0 spiro atoms. The third-order valence-electron chi connectivity index (χ3n) is 5.16. The normalized spacial score (nSPS) is 23.7. The largest absolute Gasteiger partial charge is 0.472 e. The van der Waals surface area contributed by atoms with Crippen LogP contribution in [0.1, 0.15) is 12.0 Å². The minimum absolute atomic E-state index is 0.179. The molecule has 0 aromatic heterocycles. The van der Waals surface area contributed by atoms with Crippen LogP contribution < -0.4 is 5.73 Å². The van der Waals surface area contributed by atoms with Gasteiger partial charge in [0.15, 0.2) is 0 Å². The molecule has 10 nitrogen and oxygen atoms in total. The van der Waals surface area contributed by atoms with Crippen LogP contribution in [-0.4, -0.2) is 47.8 Å². The molecule has 0 saturated carbocycles. The van der Waals surface area contributed by atoms with E-state index in [0.29, 0.717) is 18.4 Å². The molecule has 0 bridgehead atoms. The molecule has 11 heteroatoms. The van der Waals surface area contributed by atoms with Crippen LogP contribution >= 0.6 is 7.82 Å². The van der Waals surface area contributed by atoms with E-state index in [0.717, 1.165) is 11.8 Å². The number of fused-ring (bicyclic) bond motifs is 1. The molecule has 0 saturated heterocycles. The number of allylic oxidation sites excluding steroid dienone is 1. The first kappa shape index (κ1) is 23.2. The lowest BCUT2D eigenvalue weighted by atomic mass is 9.83. The number of phosphoric ester groups is 1. The lowest BCUT2D eigenvalue weighted by Crippen LogP contribution is -2.38. The zero-order valence-electron chi connectivity index (χ0n) is 16.7. The summed E-state index contributed by atoms with van der Waals surface area (Å²) in [6.07, 6.45) is 2.12. The molecular formula is C20H24NO9P. The summed E-state index contributed by atoms with van der Waals surface area (Å²) in [5.41, 5.74) is 7.54. The van der Waals surface area contributed by atoms with Crippen molar-refractivity contribution in [1.29, 1.82) is 0 Å². The van der Waals surface area contributed by atoms with Crippen molar-refractivity contribution in [2.75, 3.05) is 13.7 Å². The van der Waals surface area contributed by atoms with Gasteiger partial charge >= 0.3 is 19.8 Å². The summed E-state index contributed by atoms with van der Waals surface area (Å²) < 4.78 is 31.5. The highest BCUT2D eigenvalue weighted by molar-refractivity contribution is 7.46. The van der Waals surface area contributed by atoms with Gasteiger partial charge in [0.05, 0.1) is 24.9 Å². The van der Waals surface area contributed by atoms with Gasteiger partial charge in [0, 0.05) is 5.92 Å². The van der Waals surface area contributed by atoms with Crippen molar-refractivity contribution in [2.24, 2.45) is 17.6 Å². The number of methoxy groups -OCH3 is 1. The number of phosphoric acid groups is 1. The maximum atomic E-state index is 12.3. The first-order chi connectivity index (χ1) is 14.7. The van der Waals surface area contributed by atoms with Gasteiger partial charge in [-0.15, -0.1) is 0 Å². The van der Waals surface area contributed by atoms with Crippen LogP contribution in [0.2, 0.25) is 0 Å². The quantitative estimate of drug-likeness (QED) is 0.297. The van der Waals surface area contributed by atoms with E-state index < -0.39 is 43.9 Å². The zero-order valence-corrected chi connectivity index (χ0v) is 17.6. The Labute approximate surface area is 178 Å². The Morgan fingerprint density at radius 3 is 2.65 bits per heavy atom. The Bertz CT molecular complexity index is 924. The highest BCUT2D eigenvalue weighted by atomic mass is 31.2. The number of carbonyl (C=O) groups excluding carboxylic acids is 2. The Morgan fingerprint density at radius 2 is 2.00 bits per heavy atom. The number of ether oxygens (including phenoxy) is 3. The summed E-state index contributed by atoms with van der Waals surface area (Å²) in [7, 11) is -3.66. The molecule has 0 fully saturated rings. The number of esters is 2. The number of hydrogen-bond donors (Lipinski definition) is 3. The Hall–Kier alpha value is -2.49. The minimum atomic E-state index is -4.88. The lowest BCUT2D eigenvalue weighted by Gasteiger charge is -2.34. The lowest BCUT2D eigenvalue weighted by molar-refractivity contribution is -0.146. The van der Waals surface area contributed by atoms with Crippen LogP contribution in [0.15, 0.2) is 53.8 Å². The second-order valence-corrected chi connectivity index (χ2v) is 8.41. The van der Waals surface area contributed by atoms with Crippen molar-refractivity contribution in [3.05, 3.63) is 59.4 Å². The Balaban J connectivity index is 1.68. The standard InChI is InChI=1S/C20H24NO9P/c1-27-18(22)15-11-29-20(30-31(24,25)26)17-13(7-8-14(15)17)10-28-19(23)16(21)9-12-5-3-2-4-6-12/h2-7,11,14,16-17,20H,8-10,21H2,1H3,(H2,24,25,26)/t14?,16?,17-,20?/m0/s1. The molecule has 31 heavy (non-hydrogen) atoms. The summed E-state index contributed by atoms with van der Waals surface area (Å²) in [5, 5.41) is 0. The molecule has 0 radical (unpaired) electrons. The monoisotopic (exact) mass is 453 g/mol. The molecule has 1 aromatic carbocycles. The summed E-state index contributed by atoms with van der Waals surface area (Å²) in [4.78, 5) is 42.8. The van der Waals surface area contributed by atoms with Gasteiger partial charge in [-0.2, -0.15) is 0 Å². The van der Waals surface area contributed by atoms with Gasteiger partial charge in [-0.25, -0.2) is 13.9 Å². The van der Waals surface area contributed by atoms with E-state index in [1.165, 1.54) is 7.11 Å². The SMILES string of the molecule is COC(=O)C1=COC(OP(=O)(O)O)[C@H]2C(COC(=O)C(N)Cc3ccccc3)=CCC12. The van der Waals surface area contributed by atoms with Crippen molar-refractivity contribution in [3.63, 3.8) is 0 Å². The minimum Gasteiger partial charge on any atom is -0.471 e. The molecule has 1 aliphatic heterocycles. The number of hydrogen-bond acceptors (Lipinski definition) is 8. The maximum absolute atomic E-state index is 12.3. The first-order valence-electron chi connectivity index (χ1n) is 9.52. The number of rotatable bonds is 8. The van der Waals surface area contributed by atoms with Gasteiger partial charge in [0.2, 0.25) is 6.29 Å². The zero-order chi connectivity index (χ0) is 22.6. The van der Waals surface area contributed by atoms with Crippen LogP contribution in [0.5, 0.6) is 0 Å². The van der Waals surface area contributed by atoms with E-state index in [1.54, 1.807) is 6.08 Å². The highest BCUT2D eigenvalue weighted by Gasteiger charge is 2.47. The van der Waals surface area contributed by atoms with E-state index in [9.17, 15) is 23.9 Å². The summed E-state index contributed by atoms with van der Waals surface area (Å²) in [6, 6.07) is 8.36. The number of carbonyl (C=O) groups is 2. The van der Waals surface area contributed by atoms with Crippen LogP contribution in [0.25, 0.3) is 0 Å². The van der Waals surface area contributed by atoms with Gasteiger partial charge in [-0.05, 0) is 24.0 Å². The molecule has 3 unspecified atom stereocenters. The molecule has 168 valence electrons. The molecule has 2 aliphatic rings. The van der Waals surface area contributed by atoms with E-state index >= 15 is 0 Å². The van der Waals surface area contributed by atoms with Crippen LogP contribution in [0.3, 0.4) is 0 Å². The summed E-state index contributed by atoms with van der Waals surface area (Å²) in [6.45, 7) is -0.179. The van der Waals surface area contributed by atoms with Crippen LogP contribution in [0.4, 0.5) is 0 Å². The molecular weight excluding hydrogens is 429 g/mol. The molecule has 3 rings (SSSR count). The van der Waals surface area contributed by atoms with Crippen molar-refractivity contribution in [3.8, 4) is 0 Å². The van der Waals surface area contributed by atoms with E-state index in [2.05, 4.69) is 0 Å². The second-order valence-electron chi connectivity index (χ2n) is 7.22. The molecule has 4 atom stereocenters. The predicted molar refractivity (Wildman–Crippen MR) is 107 cm³/mol. The van der Waals surface area contributed by atoms with Crippen LogP contribution in [-0.2, 0) is 39.3 Å². The third-order valence-corrected chi connectivity index (χ3v) is 5.64. The molecule has 1 aliphatic carbocycles. The fourth-order valence-electron chi connectivity index (χ4n) is 3.73.